The van der Waals surface area contributed by atoms with E-state index in [2.05, 4.69) is 34.0 Å². The number of carbonyl (C=O) groups is 1. The molecular formula is C15H21N3OS2. The molecule has 0 bridgehead atoms. The molecule has 0 aliphatic carbocycles. The number of aryl methyl sites for hydroxylation is 1. The summed E-state index contributed by atoms with van der Waals surface area (Å²) in [5.74, 6) is 0.238. The second-order valence-corrected chi connectivity index (χ2v) is 7.19. The Bertz CT molecular complexity index is 565. The van der Waals surface area contributed by atoms with Gasteiger partial charge in [0.05, 0.1) is 5.01 Å². The van der Waals surface area contributed by atoms with E-state index in [1.807, 2.05) is 25.3 Å². The molecule has 4 nitrogen and oxygen atoms in total. The largest absolute Gasteiger partial charge is 0.337 e. The molecule has 0 aliphatic heterocycles. The van der Waals surface area contributed by atoms with Gasteiger partial charge in [-0.15, -0.1) is 22.7 Å². The molecule has 21 heavy (non-hydrogen) atoms. The van der Waals surface area contributed by atoms with Crippen molar-refractivity contribution in [1.82, 2.24) is 15.6 Å². The van der Waals surface area contributed by atoms with Crippen LogP contribution < -0.4 is 10.6 Å². The summed E-state index contributed by atoms with van der Waals surface area (Å²) < 4.78 is 0. The third-order valence-electron chi connectivity index (χ3n) is 3.09. The van der Waals surface area contributed by atoms with Crippen LogP contribution in [-0.2, 0) is 6.42 Å². The van der Waals surface area contributed by atoms with Crippen molar-refractivity contribution in [2.45, 2.75) is 39.2 Å². The van der Waals surface area contributed by atoms with Crippen molar-refractivity contribution in [3.8, 4) is 0 Å². The summed E-state index contributed by atoms with van der Waals surface area (Å²) in [4.78, 5) is 17.6. The van der Waals surface area contributed by atoms with Crippen LogP contribution in [0.3, 0.4) is 0 Å². The molecule has 2 unspecified atom stereocenters. The van der Waals surface area contributed by atoms with E-state index >= 15 is 0 Å². The van der Waals surface area contributed by atoms with Crippen LogP contribution in [0.1, 0.15) is 35.3 Å². The van der Waals surface area contributed by atoms with Gasteiger partial charge in [-0.25, -0.2) is 9.78 Å². The lowest BCUT2D eigenvalue weighted by molar-refractivity contribution is 0.237. The molecule has 0 spiro atoms. The molecule has 2 atom stereocenters. The Morgan fingerprint density at radius 1 is 1.38 bits per heavy atom. The monoisotopic (exact) mass is 323 g/mol. The highest BCUT2D eigenvalue weighted by atomic mass is 32.1. The molecule has 2 N–H and O–H groups in total. The third kappa shape index (κ3) is 5.13. The quantitative estimate of drug-likeness (QED) is 0.854. The highest BCUT2D eigenvalue weighted by molar-refractivity contribution is 7.10. The van der Waals surface area contributed by atoms with Gasteiger partial charge in [-0.05, 0) is 25.3 Å². The van der Waals surface area contributed by atoms with Gasteiger partial charge in [-0.2, -0.15) is 0 Å². The first-order chi connectivity index (χ1) is 10.0. The molecule has 2 rings (SSSR count). The molecule has 114 valence electrons. The summed E-state index contributed by atoms with van der Waals surface area (Å²) in [6.07, 6.45) is 0.867. The average Bonchev–Trinajstić information content (AvgIpc) is 3.07. The molecule has 6 heteroatoms. The second-order valence-electron chi connectivity index (χ2n) is 5.27. The Kier molecular flexibility index (Phi) is 5.76. The zero-order valence-electron chi connectivity index (χ0n) is 12.6. The minimum Gasteiger partial charge on any atom is -0.337 e. The highest BCUT2D eigenvalue weighted by Crippen LogP contribution is 2.18. The minimum absolute atomic E-state index is 0.112. The van der Waals surface area contributed by atoms with E-state index in [0.717, 1.165) is 17.1 Å². The van der Waals surface area contributed by atoms with Gasteiger partial charge in [-0.1, -0.05) is 13.0 Å². The van der Waals surface area contributed by atoms with E-state index in [4.69, 9.17) is 0 Å². The number of hydrogen-bond acceptors (Lipinski definition) is 4. The van der Waals surface area contributed by atoms with Gasteiger partial charge >= 0.3 is 6.03 Å². The van der Waals surface area contributed by atoms with Crippen molar-refractivity contribution in [3.63, 3.8) is 0 Å². The smallest absolute Gasteiger partial charge is 0.315 e. The molecule has 0 aromatic carbocycles. The second kappa shape index (κ2) is 7.56. The summed E-state index contributed by atoms with van der Waals surface area (Å²) in [6, 6.07) is 4.14. The van der Waals surface area contributed by atoms with Gasteiger partial charge in [-0.3, -0.25) is 0 Å². The molecule has 0 saturated heterocycles. The van der Waals surface area contributed by atoms with Crippen molar-refractivity contribution >= 4 is 28.7 Å². The van der Waals surface area contributed by atoms with Crippen molar-refractivity contribution in [2.75, 3.05) is 6.54 Å². The highest BCUT2D eigenvalue weighted by Gasteiger charge is 2.12. The van der Waals surface area contributed by atoms with Gasteiger partial charge in [0.1, 0.15) is 0 Å². The third-order valence-corrected chi connectivity index (χ3v) is 5.18. The predicted molar refractivity (Wildman–Crippen MR) is 89.3 cm³/mol. The fourth-order valence-electron chi connectivity index (χ4n) is 1.99. The first-order valence-electron chi connectivity index (χ1n) is 7.03. The normalized spacial score (nSPS) is 13.7. The number of thiophene rings is 1. The fraction of sp³-hybridized carbons (Fsp3) is 0.467. The van der Waals surface area contributed by atoms with E-state index in [9.17, 15) is 4.79 Å². The molecule has 0 saturated carbocycles. The summed E-state index contributed by atoms with van der Waals surface area (Å²) >= 11 is 3.36. The molecular weight excluding hydrogens is 302 g/mol. The van der Waals surface area contributed by atoms with E-state index in [0.29, 0.717) is 6.54 Å². The Morgan fingerprint density at radius 3 is 2.81 bits per heavy atom. The van der Waals surface area contributed by atoms with Crippen LogP contribution in [-0.4, -0.2) is 23.6 Å². The first kappa shape index (κ1) is 16.0. The number of hydrogen-bond donors (Lipinski definition) is 2. The number of thiazole rings is 1. The maximum atomic E-state index is 11.9. The van der Waals surface area contributed by atoms with Crippen LogP contribution in [0, 0.1) is 6.92 Å². The summed E-state index contributed by atoms with van der Waals surface area (Å²) in [6.45, 7) is 6.68. The van der Waals surface area contributed by atoms with Crippen molar-refractivity contribution in [2.24, 2.45) is 0 Å². The van der Waals surface area contributed by atoms with Crippen LogP contribution in [0.25, 0.3) is 0 Å². The van der Waals surface area contributed by atoms with Crippen LogP contribution >= 0.6 is 22.7 Å². The Hall–Kier alpha value is -1.40. The standard InChI is InChI=1S/C15H21N3OS2/c1-10(14-17-12(3)9-21-14)8-16-15(19)18-11(2)7-13-5-4-6-20-13/h4-6,9-11H,7-8H2,1-3H3,(H2,16,18,19). The number of aromatic nitrogens is 1. The van der Waals surface area contributed by atoms with Gasteiger partial charge in [0.25, 0.3) is 0 Å². The Balaban J connectivity index is 1.71. The van der Waals surface area contributed by atoms with Gasteiger partial charge < -0.3 is 10.6 Å². The van der Waals surface area contributed by atoms with Crippen LogP contribution in [0.5, 0.6) is 0 Å². The number of carbonyl (C=O) groups excluding carboxylic acids is 1. The van der Waals surface area contributed by atoms with Crippen molar-refractivity contribution < 1.29 is 4.79 Å². The lowest BCUT2D eigenvalue weighted by Gasteiger charge is -2.15. The van der Waals surface area contributed by atoms with Crippen LogP contribution in [0.2, 0.25) is 0 Å². The van der Waals surface area contributed by atoms with Crippen LogP contribution in [0.15, 0.2) is 22.9 Å². The molecule has 0 radical (unpaired) electrons. The molecule has 0 fully saturated rings. The molecule has 2 aromatic rings. The number of nitrogens with zero attached hydrogens (tertiary/aromatic N) is 1. The van der Waals surface area contributed by atoms with E-state index in [1.165, 1.54) is 4.88 Å². The number of rotatable bonds is 6. The summed E-state index contributed by atoms with van der Waals surface area (Å²) in [7, 11) is 0. The maximum Gasteiger partial charge on any atom is 0.315 e. The van der Waals surface area contributed by atoms with Crippen molar-refractivity contribution in [1.29, 1.82) is 0 Å². The van der Waals surface area contributed by atoms with Crippen molar-refractivity contribution in [3.05, 3.63) is 38.5 Å². The number of nitrogens with one attached hydrogen (secondary N) is 2. The Morgan fingerprint density at radius 2 is 2.19 bits per heavy atom. The SMILES string of the molecule is Cc1csc(C(C)CNC(=O)NC(C)Cc2cccs2)n1. The van der Waals surface area contributed by atoms with Gasteiger partial charge in [0.2, 0.25) is 0 Å². The summed E-state index contributed by atoms with van der Waals surface area (Å²) in [5.41, 5.74) is 1.04. The molecule has 2 aromatic heterocycles. The van der Waals surface area contributed by atoms with Gasteiger partial charge in [0, 0.05) is 40.9 Å². The maximum absolute atomic E-state index is 11.9. The van der Waals surface area contributed by atoms with E-state index < -0.39 is 0 Å². The zero-order valence-corrected chi connectivity index (χ0v) is 14.2. The lowest BCUT2D eigenvalue weighted by Crippen LogP contribution is -2.42. The summed E-state index contributed by atoms with van der Waals surface area (Å²) in [5, 5.41) is 11.1. The fourth-order valence-corrected chi connectivity index (χ4v) is 3.68. The lowest BCUT2D eigenvalue weighted by atomic mass is 10.2. The average molecular weight is 323 g/mol. The minimum atomic E-state index is -0.112. The first-order valence-corrected chi connectivity index (χ1v) is 8.79. The topological polar surface area (TPSA) is 54.0 Å². The molecule has 2 amide bonds. The van der Waals surface area contributed by atoms with E-state index in [1.54, 1.807) is 22.7 Å². The number of amides is 2. The predicted octanol–water partition coefficient (Wildman–Crippen LogP) is 3.55. The van der Waals surface area contributed by atoms with Crippen LogP contribution in [0.4, 0.5) is 4.79 Å². The molecule has 0 aliphatic rings. The van der Waals surface area contributed by atoms with E-state index in [-0.39, 0.29) is 18.0 Å². The van der Waals surface area contributed by atoms with Gasteiger partial charge in [0.15, 0.2) is 0 Å². The Labute approximate surface area is 133 Å². The molecule has 2 heterocycles. The zero-order chi connectivity index (χ0) is 15.2. The number of urea groups is 1.